The molecule has 0 aliphatic rings. The van der Waals surface area contributed by atoms with Crippen LogP contribution in [0, 0.1) is 0 Å². The van der Waals surface area contributed by atoms with Crippen LogP contribution in [0.4, 0.5) is 11.4 Å². The van der Waals surface area contributed by atoms with Crippen LogP contribution in [-0.2, 0) is 0 Å². The maximum atomic E-state index is 4.17. The lowest BCUT2D eigenvalue weighted by atomic mass is 10.1. The van der Waals surface area contributed by atoms with E-state index in [0.717, 1.165) is 22.6 Å². The van der Waals surface area contributed by atoms with E-state index in [1.54, 1.807) is 6.20 Å². The minimum Gasteiger partial charge on any atom is -0.354 e. The smallest absolute Gasteiger partial charge is 0.0570 e. The van der Waals surface area contributed by atoms with Crippen molar-refractivity contribution in [1.82, 2.24) is 9.55 Å². The summed E-state index contributed by atoms with van der Waals surface area (Å²) in [5.41, 5.74) is 6.68. The molecule has 0 atom stereocenters. The van der Waals surface area contributed by atoms with Gasteiger partial charge in [-0.05, 0) is 53.6 Å². The summed E-state index contributed by atoms with van der Waals surface area (Å²) in [5.74, 6) is 0. The van der Waals surface area contributed by atoms with Crippen molar-refractivity contribution in [1.29, 1.82) is 0 Å². The van der Waals surface area contributed by atoms with Gasteiger partial charge in [-0.3, -0.25) is 4.98 Å². The number of benzene rings is 3. The molecule has 0 bridgehead atoms. The Morgan fingerprint density at radius 2 is 1.57 bits per heavy atom. The van der Waals surface area contributed by atoms with Crippen LogP contribution in [0.15, 0.2) is 116 Å². The highest BCUT2D eigenvalue weighted by Crippen LogP contribution is 2.29. The van der Waals surface area contributed by atoms with Gasteiger partial charge in [0, 0.05) is 23.5 Å². The SMILES string of the molecule is C(=C(/c1ccccc1)n1ccc2cc(Nc3cccnc3)ccc21)/c1ccccc1. The lowest BCUT2D eigenvalue weighted by Gasteiger charge is -2.13. The predicted octanol–water partition coefficient (Wildman–Crippen LogP) is 6.83. The summed E-state index contributed by atoms with van der Waals surface area (Å²) in [6, 6.07) is 33.5. The lowest BCUT2D eigenvalue weighted by Crippen LogP contribution is -1.98. The first kappa shape index (κ1) is 18.0. The molecule has 1 N–H and O–H groups in total. The summed E-state index contributed by atoms with van der Waals surface area (Å²) in [5, 5.41) is 4.60. The highest BCUT2D eigenvalue weighted by Gasteiger charge is 2.09. The van der Waals surface area contributed by atoms with E-state index in [1.807, 2.05) is 30.5 Å². The molecule has 5 aromatic rings. The Balaban J connectivity index is 1.58. The quantitative estimate of drug-likeness (QED) is 0.335. The van der Waals surface area contributed by atoms with Gasteiger partial charge in [-0.2, -0.15) is 0 Å². The van der Waals surface area contributed by atoms with Crippen molar-refractivity contribution in [3.05, 3.63) is 127 Å². The molecule has 0 saturated carbocycles. The Morgan fingerprint density at radius 3 is 2.33 bits per heavy atom. The van der Waals surface area contributed by atoms with Crippen LogP contribution in [0.1, 0.15) is 11.1 Å². The summed E-state index contributed by atoms with van der Waals surface area (Å²) >= 11 is 0. The van der Waals surface area contributed by atoms with Crippen molar-refractivity contribution in [3.63, 3.8) is 0 Å². The van der Waals surface area contributed by atoms with Gasteiger partial charge in [0.05, 0.1) is 23.1 Å². The van der Waals surface area contributed by atoms with Crippen LogP contribution in [-0.4, -0.2) is 9.55 Å². The number of rotatable bonds is 5. The van der Waals surface area contributed by atoms with Crippen molar-refractivity contribution >= 4 is 34.1 Å². The molecule has 0 aliphatic heterocycles. The van der Waals surface area contributed by atoms with E-state index in [4.69, 9.17) is 0 Å². The minimum atomic E-state index is 0.977. The highest BCUT2D eigenvalue weighted by molar-refractivity contribution is 5.92. The topological polar surface area (TPSA) is 29.9 Å². The molecule has 5 rings (SSSR count). The number of nitrogens with one attached hydrogen (secondary N) is 1. The van der Waals surface area contributed by atoms with E-state index in [0.29, 0.717) is 0 Å². The van der Waals surface area contributed by atoms with E-state index in [2.05, 4.69) is 99.9 Å². The summed E-state index contributed by atoms with van der Waals surface area (Å²) in [6.45, 7) is 0. The Labute approximate surface area is 176 Å². The molecule has 2 heterocycles. The lowest BCUT2D eigenvalue weighted by molar-refractivity contribution is 1.17. The van der Waals surface area contributed by atoms with E-state index < -0.39 is 0 Å². The second-order valence-electron chi connectivity index (χ2n) is 7.13. The van der Waals surface area contributed by atoms with Crippen LogP contribution in [0.25, 0.3) is 22.7 Å². The average Bonchev–Trinajstić information content (AvgIpc) is 3.22. The fraction of sp³-hybridized carbons (Fsp3) is 0. The first-order valence-electron chi connectivity index (χ1n) is 9.97. The van der Waals surface area contributed by atoms with Crippen LogP contribution in [0.5, 0.6) is 0 Å². The third-order valence-corrected chi connectivity index (χ3v) is 5.07. The zero-order chi connectivity index (χ0) is 20.2. The molecular weight excluding hydrogens is 366 g/mol. The van der Waals surface area contributed by atoms with Gasteiger partial charge >= 0.3 is 0 Å². The normalized spacial score (nSPS) is 11.5. The molecule has 2 aromatic heterocycles. The number of hydrogen-bond donors (Lipinski definition) is 1. The second kappa shape index (κ2) is 8.10. The molecule has 0 saturated heterocycles. The Kier molecular flexibility index (Phi) is 4.84. The van der Waals surface area contributed by atoms with E-state index in [-0.39, 0.29) is 0 Å². The second-order valence-corrected chi connectivity index (χ2v) is 7.13. The summed E-state index contributed by atoms with van der Waals surface area (Å²) in [6.07, 6.45) is 7.97. The largest absolute Gasteiger partial charge is 0.354 e. The number of aromatic nitrogens is 2. The van der Waals surface area contributed by atoms with E-state index >= 15 is 0 Å². The molecule has 3 nitrogen and oxygen atoms in total. The van der Waals surface area contributed by atoms with Crippen LogP contribution < -0.4 is 5.32 Å². The van der Waals surface area contributed by atoms with Crippen LogP contribution >= 0.6 is 0 Å². The fourth-order valence-corrected chi connectivity index (χ4v) is 3.64. The number of nitrogens with zero attached hydrogens (tertiary/aromatic N) is 2. The number of hydrogen-bond acceptors (Lipinski definition) is 2. The number of pyridine rings is 1. The first-order chi connectivity index (χ1) is 14.9. The predicted molar refractivity (Wildman–Crippen MR) is 126 cm³/mol. The average molecular weight is 387 g/mol. The van der Waals surface area contributed by atoms with Gasteiger partial charge in [0.25, 0.3) is 0 Å². The van der Waals surface area contributed by atoms with E-state index in [1.165, 1.54) is 16.5 Å². The Bertz CT molecular complexity index is 1290. The van der Waals surface area contributed by atoms with Gasteiger partial charge in [-0.25, -0.2) is 0 Å². The number of fused-ring (bicyclic) bond motifs is 1. The molecular formula is C27H21N3. The van der Waals surface area contributed by atoms with Gasteiger partial charge in [0.2, 0.25) is 0 Å². The molecule has 0 aliphatic carbocycles. The molecule has 0 radical (unpaired) electrons. The zero-order valence-electron chi connectivity index (χ0n) is 16.4. The molecule has 0 amide bonds. The van der Waals surface area contributed by atoms with Crippen LogP contribution in [0.3, 0.4) is 0 Å². The first-order valence-corrected chi connectivity index (χ1v) is 9.97. The van der Waals surface area contributed by atoms with Gasteiger partial charge < -0.3 is 9.88 Å². The van der Waals surface area contributed by atoms with Crippen molar-refractivity contribution in [3.8, 4) is 0 Å². The van der Waals surface area contributed by atoms with Gasteiger partial charge in [-0.15, -0.1) is 0 Å². The number of anilines is 2. The fourth-order valence-electron chi connectivity index (χ4n) is 3.64. The van der Waals surface area contributed by atoms with Gasteiger partial charge in [-0.1, -0.05) is 60.7 Å². The minimum absolute atomic E-state index is 0.977. The van der Waals surface area contributed by atoms with Crippen molar-refractivity contribution in [2.75, 3.05) is 5.32 Å². The highest BCUT2D eigenvalue weighted by atomic mass is 15.0. The van der Waals surface area contributed by atoms with Crippen molar-refractivity contribution < 1.29 is 0 Å². The van der Waals surface area contributed by atoms with Crippen molar-refractivity contribution in [2.24, 2.45) is 0 Å². The summed E-state index contributed by atoms with van der Waals surface area (Å²) < 4.78 is 2.26. The molecule has 144 valence electrons. The molecule has 3 aromatic carbocycles. The maximum Gasteiger partial charge on any atom is 0.0570 e. The molecule has 3 heteroatoms. The third kappa shape index (κ3) is 3.74. The van der Waals surface area contributed by atoms with E-state index in [9.17, 15) is 0 Å². The standard InChI is InChI=1S/C27H21N3/c1-3-8-21(9-4-1)18-27(22-10-5-2-6-11-22)30-17-15-23-19-24(13-14-26(23)30)29-25-12-7-16-28-20-25/h1-20,29H/b27-18+. The zero-order valence-corrected chi connectivity index (χ0v) is 16.4. The Morgan fingerprint density at radius 1 is 0.767 bits per heavy atom. The van der Waals surface area contributed by atoms with Crippen LogP contribution in [0.2, 0.25) is 0 Å². The van der Waals surface area contributed by atoms with Gasteiger partial charge in [0.15, 0.2) is 0 Å². The molecule has 0 unspecified atom stereocenters. The molecule has 0 fully saturated rings. The molecule has 30 heavy (non-hydrogen) atoms. The maximum absolute atomic E-state index is 4.17. The third-order valence-electron chi connectivity index (χ3n) is 5.07. The summed E-state index contributed by atoms with van der Waals surface area (Å²) in [4.78, 5) is 4.17. The van der Waals surface area contributed by atoms with Gasteiger partial charge in [0.1, 0.15) is 0 Å². The van der Waals surface area contributed by atoms with Crippen molar-refractivity contribution in [2.45, 2.75) is 0 Å². The molecule has 0 spiro atoms. The summed E-state index contributed by atoms with van der Waals surface area (Å²) in [7, 11) is 0. The monoisotopic (exact) mass is 387 g/mol. The Hall–Kier alpha value is -4.11.